The van der Waals surface area contributed by atoms with Gasteiger partial charge >= 0.3 is 0 Å². The Morgan fingerprint density at radius 3 is 1.77 bits per heavy atom. The van der Waals surface area contributed by atoms with Crippen LogP contribution in [-0.2, 0) is 6.54 Å². The highest BCUT2D eigenvalue weighted by molar-refractivity contribution is 6.10. The third kappa shape index (κ3) is 7.17. The fraction of sp³-hybridized carbons (Fsp3) is 0.147. The topological polar surface area (TPSA) is 76.8 Å². The number of aliphatic imine (C=N–C) groups is 1. The predicted molar refractivity (Wildman–Crippen MR) is 160 cm³/mol. The lowest BCUT2D eigenvalue weighted by Gasteiger charge is -2.22. The van der Waals surface area contributed by atoms with Crippen LogP contribution < -0.4 is 0 Å². The standard InChI is InChI=1S/C34H33N3O2/c1-23-5-11-29(12-6-23)30-19-17-28(18-20-30)26(4)36-33(35)31-15-9-27(10-16-31)22-37(21-25(3)38)34(39)32-13-7-24(2)8-14-32/h5-20,35,38H,3,21-22H2,1-2,4H3/b35-33?,36-26+. The first-order valence-electron chi connectivity index (χ1n) is 12.8. The molecule has 0 aliphatic rings. The SMILES string of the molecule is C=C(O)CN(Cc1ccc(C(=N)/N=C(\C)c2ccc(-c3ccc(C)cc3)cc2)cc1)C(=O)c1ccc(C)cc1. The van der Waals surface area contributed by atoms with Crippen LogP contribution in [0.2, 0.25) is 0 Å². The van der Waals surface area contributed by atoms with Crippen LogP contribution in [0.3, 0.4) is 0 Å². The molecule has 0 saturated carbocycles. The lowest BCUT2D eigenvalue weighted by Crippen LogP contribution is -2.32. The minimum atomic E-state index is -0.185. The first-order valence-corrected chi connectivity index (χ1v) is 12.8. The number of benzene rings is 4. The van der Waals surface area contributed by atoms with E-state index >= 15 is 0 Å². The molecule has 0 spiro atoms. The van der Waals surface area contributed by atoms with E-state index in [-0.39, 0.29) is 24.0 Å². The van der Waals surface area contributed by atoms with Gasteiger partial charge in [0.15, 0.2) is 5.84 Å². The van der Waals surface area contributed by atoms with E-state index in [0.717, 1.165) is 33.5 Å². The lowest BCUT2D eigenvalue weighted by molar-refractivity contribution is 0.0740. The van der Waals surface area contributed by atoms with E-state index in [4.69, 9.17) is 5.41 Å². The van der Waals surface area contributed by atoms with Crippen molar-refractivity contribution in [2.75, 3.05) is 6.54 Å². The molecule has 0 aromatic heterocycles. The highest BCUT2D eigenvalue weighted by Crippen LogP contribution is 2.21. The second-order valence-electron chi connectivity index (χ2n) is 9.78. The van der Waals surface area contributed by atoms with Crippen LogP contribution in [0.5, 0.6) is 0 Å². The molecule has 5 nitrogen and oxygen atoms in total. The van der Waals surface area contributed by atoms with E-state index in [1.165, 1.54) is 5.56 Å². The van der Waals surface area contributed by atoms with Gasteiger partial charge in [-0.15, -0.1) is 0 Å². The van der Waals surface area contributed by atoms with E-state index in [1.54, 1.807) is 17.0 Å². The van der Waals surface area contributed by atoms with Crippen molar-refractivity contribution in [3.8, 4) is 11.1 Å². The highest BCUT2D eigenvalue weighted by Gasteiger charge is 2.17. The number of carbonyl (C=O) groups excluding carboxylic acids is 1. The first-order chi connectivity index (χ1) is 18.7. The van der Waals surface area contributed by atoms with Crippen LogP contribution in [0, 0.1) is 19.3 Å². The zero-order valence-corrected chi connectivity index (χ0v) is 22.6. The molecule has 0 bridgehead atoms. The molecular weight excluding hydrogens is 482 g/mol. The summed E-state index contributed by atoms with van der Waals surface area (Å²) in [4.78, 5) is 19.1. The normalized spacial score (nSPS) is 11.2. The van der Waals surface area contributed by atoms with Gasteiger partial charge in [-0.25, -0.2) is 4.99 Å². The number of aryl methyl sites for hydroxylation is 2. The zero-order valence-electron chi connectivity index (χ0n) is 22.6. The van der Waals surface area contributed by atoms with Crippen molar-refractivity contribution in [2.24, 2.45) is 4.99 Å². The molecule has 4 rings (SSSR count). The summed E-state index contributed by atoms with van der Waals surface area (Å²) in [6.07, 6.45) is 0. The van der Waals surface area contributed by atoms with Crippen LogP contribution in [0.1, 0.15) is 45.1 Å². The molecule has 196 valence electrons. The van der Waals surface area contributed by atoms with Crippen molar-refractivity contribution in [3.63, 3.8) is 0 Å². The van der Waals surface area contributed by atoms with Crippen LogP contribution >= 0.6 is 0 Å². The second kappa shape index (κ2) is 12.2. The average molecular weight is 516 g/mol. The van der Waals surface area contributed by atoms with Gasteiger partial charge in [0.1, 0.15) is 5.76 Å². The molecule has 4 aromatic rings. The van der Waals surface area contributed by atoms with Crippen molar-refractivity contribution < 1.29 is 9.90 Å². The lowest BCUT2D eigenvalue weighted by atomic mass is 10.0. The van der Waals surface area contributed by atoms with Gasteiger partial charge < -0.3 is 10.0 Å². The molecule has 0 saturated heterocycles. The fourth-order valence-electron chi connectivity index (χ4n) is 4.23. The summed E-state index contributed by atoms with van der Waals surface area (Å²) in [5, 5.41) is 18.3. The molecule has 5 heteroatoms. The number of hydrogen-bond donors (Lipinski definition) is 2. The maximum atomic E-state index is 13.1. The van der Waals surface area contributed by atoms with Gasteiger partial charge in [-0.2, -0.15) is 0 Å². The number of rotatable bonds is 8. The minimum absolute atomic E-state index is 0.0382. The van der Waals surface area contributed by atoms with Crippen molar-refractivity contribution in [1.29, 1.82) is 5.41 Å². The Kier molecular flexibility index (Phi) is 8.52. The molecular formula is C34H33N3O2. The number of carbonyl (C=O) groups is 1. The monoisotopic (exact) mass is 515 g/mol. The number of nitrogens with one attached hydrogen (secondary N) is 1. The quantitative estimate of drug-likeness (QED) is 0.145. The van der Waals surface area contributed by atoms with Gasteiger partial charge in [0.05, 0.1) is 6.54 Å². The molecule has 0 radical (unpaired) electrons. The Hall–Kier alpha value is -4.77. The summed E-state index contributed by atoms with van der Waals surface area (Å²) in [7, 11) is 0. The van der Waals surface area contributed by atoms with Gasteiger partial charge in [0.2, 0.25) is 0 Å². The highest BCUT2D eigenvalue weighted by atomic mass is 16.3. The van der Waals surface area contributed by atoms with Crippen molar-refractivity contribution in [1.82, 2.24) is 4.90 Å². The number of amidine groups is 1. The van der Waals surface area contributed by atoms with E-state index in [2.05, 4.69) is 54.9 Å². The molecule has 2 N–H and O–H groups in total. The fourth-order valence-corrected chi connectivity index (χ4v) is 4.23. The second-order valence-corrected chi connectivity index (χ2v) is 9.78. The van der Waals surface area contributed by atoms with E-state index in [1.807, 2.05) is 62.4 Å². The number of aliphatic hydroxyl groups excluding tert-OH is 1. The molecule has 4 aromatic carbocycles. The summed E-state index contributed by atoms with van der Waals surface area (Å²) >= 11 is 0. The summed E-state index contributed by atoms with van der Waals surface area (Å²) in [6, 6.07) is 31.4. The smallest absolute Gasteiger partial charge is 0.254 e. The Morgan fingerprint density at radius 2 is 1.23 bits per heavy atom. The summed E-state index contributed by atoms with van der Waals surface area (Å²) in [5.41, 5.74) is 8.43. The van der Waals surface area contributed by atoms with Crippen molar-refractivity contribution in [2.45, 2.75) is 27.3 Å². The molecule has 0 fully saturated rings. The van der Waals surface area contributed by atoms with Gasteiger partial charge in [-0.3, -0.25) is 10.2 Å². The first kappa shape index (κ1) is 27.3. The summed E-state index contributed by atoms with van der Waals surface area (Å²) in [5.74, 6) is -0.0980. The third-order valence-corrected chi connectivity index (χ3v) is 6.53. The van der Waals surface area contributed by atoms with Crippen molar-refractivity contribution in [3.05, 3.63) is 143 Å². The third-order valence-electron chi connectivity index (χ3n) is 6.53. The molecule has 0 heterocycles. The Balaban J connectivity index is 1.44. The Bertz CT molecular complexity index is 1500. The molecule has 1 amide bonds. The van der Waals surface area contributed by atoms with Gasteiger partial charge in [0, 0.05) is 23.4 Å². The summed E-state index contributed by atoms with van der Waals surface area (Å²) < 4.78 is 0. The largest absolute Gasteiger partial charge is 0.511 e. The minimum Gasteiger partial charge on any atom is -0.511 e. The van der Waals surface area contributed by atoms with Crippen LogP contribution in [0.15, 0.2) is 114 Å². The number of amides is 1. The van der Waals surface area contributed by atoms with E-state index < -0.39 is 0 Å². The summed E-state index contributed by atoms with van der Waals surface area (Å²) in [6.45, 7) is 9.84. The maximum Gasteiger partial charge on any atom is 0.254 e. The Labute approximate surface area is 230 Å². The van der Waals surface area contributed by atoms with Crippen LogP contribution in [-0.4, -0.2) is 34.0 Å². The molecule has 39 heavy (non-hydrogen) atoms. The average Bonchev–Trinajstić information content (AvgIpc) is 2.93. The van der Waals surface area contributed by atoms with Crippen LogP contribution in [0.4, 0.5) is 0 Å². The van der Waals surface area contributed by atoms with Gasteiger partial charge in [-0.05, 0) is 55.2 Å². The molecule has 0 atom stereocenters. The van der Waals surface area contributed by atoms with Gasteiger partial charge in [-0.1, -0.05) is 103 Å². The zero-order chi connectivity index (χ0) is 27.9. The van der Waals surface area contributed by atoms with Crippen LogP contribution in [0.25, 0.3) is 11.1 Å². The van der Waals surface area contributed by atoms with E-state index in [0.29, 0.717) is 17.7 Å². The van der Waals surface area contributed by atoms with Gasteiger partial charge in [0.25, 0.3) is 5.91 Å². The van der Waals surface area contributed by atoms with E-state index in [9.17, 15) is 9.90 Å². The maximum absolute atomic E-state index is 13.1. The Morgan fingerprint density at radius 1 is 0.769 bits per heavy atom. The molecule has 0 aliphatic heterocycles. The number of nitrogens with zero attached hydrogens (tertiary/aromatic N) is 2. The number of aliphatic hydroxyl groups is 1. The number of hydrogen-bond acceptors (Lipinski definition) is 3. The molecule has 0 aliphatic carbocycles. The molecule has 0 unspecified atom stereocenters. The van der Waals surface area contributed by atoms with Crippen molar-refractivity contribution >= 4 is 17.5 Å². The predicted octanol–water partition coefficient (Wildman–Crippen LogP) is 7.52.